The van der Waals surface area contributed by atoms with Crippen molar-refractivity contribution >= 4 is 11.6 Å². The van der Waals surface area contributed by atoms with Crippen molar-refractivity contribution in [2.45, 2.75) is 20.4 Å². The van der Waals surface area contributed by atoms with Crippen molar-refractivity contribution in [3.63, 3.8) is 0 Å². The highest BCUT2D eigenvalue weighted by molar-refractivity contribution is 5.96. The van der Waals surface area contributed by atoms with E-state index in [0.29, 0.717) is 12.1 Å². The van der Waals surface area contributed by atoms with Crippen molar-refractivity contribution in [3.05, 3.63) is 59.4 Å². The maximum absolute atomic E-state index is 12.1. The Morgan fingerprint density at radius 1 is 1.25 bits per heavy atom. The molecule has 0 unspecified atom stereocenters. The number of rotatable bonds is 5. The molecule has 104 valence electrons. The fraction of sp³-hybridized carbons (Fsp3) is 0.250. The van der Waals surface area contributed by atoms with Gasteiger partial charge in [0.1, 0.15) is 0 Å². The van der Waals surface area contributed by atoms with Crippen LogP contribution >= 0.6 is 0 Å². The average Bonchev–Trinajstić information content (AvgIpc) is 2.46. The molecule has 4 heteroatoms. The van der Waals surface area contributed by atoms with Gasteiger partial charge in [-0.15, -0.1) is 0 Å². The minimum absolute atomic E-state index is 0.0730. The number of carbonyl (C=O) groups is 1. The maximum atomic E-state index is 12.1. The van der Waals surface area contributed by atoms with Crippen molar-refractivity contribution in [1.82, 2.24) is 10.3 Å². The first-order chi connectivity index (χ1) is 9.70. The van der Waals surface area contributed by atoms with Gasteiger partial charge >= 0.3 is 0 Å². The summed E-state index contributed by atoms with van der Waals surface area (Å²) >= 11 is 0. The van der Waals surface area contributed by atoms with Crippen LogP contribution in [0.5, 0.6) is 0 Å². The molecule has 1 aromatic heterocycles. The standard InChI is InChI=1S/C16H19N3O/c1-3-17-13-7-8-15(12(2)10-13)16(20)19-11-14-6-4-5-9-18-14/h4-10,17H,3,11H2,1-2H3,(H,19,20). The van der Waals surface area contributed by atoms with Gasteiger partial charge in [-0.1, -0.05) is 6.07 Å². The lowest BCUT2D eigenvalue weighted by Gasteiger charge is -2.10. The normalized spacial score (nSPS) is 10.1. The molecular formula is C16H19N3O. The summed E-state index contributed by atoms with van der Waals surface area (Å²) in [5.41, 5.74) is 3.54. The Bertz CT molecular complexity index is 582. The zero-order valence-electron chi connectivity index (χ0n) is 11.8. The van der Waals surface area contributed by atoms with E-state index in [1.807, 2.05) is 50.2 Å². The lowest BCUT2D eigenvalue weighted by Crippen LogP contribution is -2.24. The number of hydrogen-bond acceptors (Lipinski definition) is 3. The van der Waals surface area contributed by atoms with Crippen molar-refractivity contribution in [3.8, 4) is 0 Å². The predicted molar refractivity (Wildman–Crippen MR) is 80.7 cm³/mol. The number of benzene rings is 1. The predicted octanol–water partition coefficient (Wildman–Crippen LogP) is 2.75. The molecule has 1 amide bonds. The smallest absolute Gasteiger partial charge is 0.251 e. The SMILES string of the molecule is CCNc1ccc(C(=O)NCc2ccccn2)c(C)c1. The Hall–Kier alpha value is -2.36. The lowest BCUT2D eigenvalue weighted by molar-refractivity contribution is 0.0950. The minimum Gasteiger partial charge on any atom is -0.385 e. The molecule has 2 N–H and O–H groups in total. The van der Waals surface area contributed by atoms with Crippen LogP contribution in [0.1, 0.15) is 28.5 Å². The van der Waals surface area contributed by atoms with Crippen LogP contribution in [0.4, 0.5) is 5.69 Å². The van der Waals surface area contributed by atoms with Crippen LogP contribution in [0, 0.1) is 6.92 Å². The van der Waals surface area contributed by atoms with Gasteiger partial charge in [0.15, 0.2) is 0 Å². The lowest BCUT2D eigenvalue weighted by atomic mass is 10.1. The second-order valence-electron chi connectivity index (χ2n) is 4.56. The van der Waals surface area contributed by atoms with Crippen LogP contribution in [0.25, 0.3) is 0 Å². The van der Waals surface area contributed by atoms with Crippen LogP contribution in [-0.2, 0) is 6.54 Å². The molecule has 0 saturated carbocycles. The summed E-state index contributed by atoms with van der Waals surface area (Å²) < 4.78 is 0. The fourth-order valence-corrected chi connectivity index (χ4v) is 2.00. The van der Waals surface area contributed by atoms with E-state index in [4.69, 9.17) is 0 Å². The third-order valence-electron chi connectivity index (χ3n) is 3.01. The molecule has 0 aliphatic heterocycles. The van der Waals surface area contributed by atoms with E-state index in [-0.39, 0.29) is 5.91 Å². The van der Waals surface area contributed by atoms with Gasteiger partial charge in [0.25, 0.3) is 5.91 Å². The molecule has 0 bridgehead atoms. The largest absolute Gasteiger partial charge is 0.385 e. The van der Waals surface area contributed by atoms with Crippen molar-refractivity contribution in [1.29, 1.82) is 0 Å². The summed E-state index contributed by atoms with van der Waals surface area (Å²) in [6.07, 6.45) is 1.72. The molecule has 0 fully saturated rings. The first kappa shape index (κ1) is 14.1. The highest BCUT2D eigenvalue weighted by atomic mass is 16.1. The van der Waals surface area contributed by atoms with Crippen molar-refractivity contribution in [2.75, 3.05) is 11.9 Å². The van der Waals surface area contributed by atoms with Gasteiger partial charge < -0.3 is 10.6 Å². The summed E-state index contributed by atoms with van der Waals surface area (Å²) in [4.78, 5) is 16.3. The summed E-state index contributed by atoms with van der Waals surface area (Å²) in [5, 5.41) is 6.12. The molecule has 1 aromatic carbocycles. The molecule has 2 aromatic rings. The van der Waals surface area contributed by atoms with E-state index in [0.717, 1.165) is 23.5 Å². The topological polar surface area (TPSA) is 54.0 Å². The van der Waals surface area contributed by atoms with E-state index < -0.39 is 0 Å². The molecule has 0 atom stereocenters. The number of nitrogens with one attached hydrogen (secondary N) is 2. The zero-order valence-corrected chi connectivity index (χ0v) is 11.8. The van der Waals surface area contributed by atoms with Crippen molar-refractivity contribution in [2.24, 2.45) is 0 Å². The first-order valence-corrected chi connectivity index (χ1v) is 6.73. The van der Waals surface area contributed by atoms with Crippen molar-refractivity contribution < 1.29 is 4.79 Å². The number of pyridine rings is 1. The van der Waals surface area contributed by atoms with Crippen LogP contribution < -0.4 is 10.6 Å². The number of anilines is 1. The summed E-state index contributed by atoms with van der Waals surface area (Å²) in [6, 6.07) is 11.4. The summed E-state index contributed by atoms with van der Waals surface area (Å²) in [7, 11) is 0. The van der Waals surface area contributed by atoms with Gasteiger partial charge in [0, 0.05) is 24.0 Å². The van der Waals surface area contributed by atoms with E-state index in [1.54, 1.807) is 6.20 Å². The van der Waals surface area contributed by atoms with E-state index in [2.05, 4.69) is 15.6 Å². The molecule has 1 heterocycles. The average molecular weight is 269 g/mol. The second kappa shape index (κ2) is 6.70. The first-order valence-electron chi connectivity index (χ1n) is 6.73. The Kier molecular flexibility index (Phi) is 4.71. The number of aryl methyl sites for hydroxylation is 1. The third-order valence-corrected chi connectivity index (χ3v) is 3.01. The van der Waals surface area contributed by atoms with Gasteiger partial charge in [0.2, 0.25) is 0 Å². The maximum Gasteiger partial charge on any atom is 0.251 e. The molecule has 4 nitrogen and oxygen atoms in total. The molecule has 2 rings (SSSR count). The monoisotopic (exact) mass is 269 g/mol. The molecule has 0 radical (unpaired) electrons. The van der Waals surface area contributed by atoms with Crippen LogP contribution in [0.15, 0.2) is 42.6 Å². The quantitative estimate of drug-likeness (QED) is 0.877. The van der Waals surface area contributed by atoms with E-state index >= 15 is 0 Å². The third kappa shape index (κ3) is 3.57. The number of hydrogen-bond donors (Lipinski definition) is 2. The van der Waals surface area contributed by atoms with Crippen LogP contribution in [0.2, 0.25) is 0 Å². The van der Waals surface area contributed by atoms with Gasteiger partial charge in [0.05, 0.1) is 12.2 Å². The molecule has 0 aliphatic carbocycles. The fourth-order valence-electron chi connectivity index (χ4n) is 2.00. The number of amides is 1. The Labute approximate surface area is 119 Å². The Morgan fingerprint density at radius 3 is 2.75 bits per heavy atom. The van der Waals surface area contributed by atoms with Gasteiger partial charge in [-0.25, -0.2) is 0 Å². The summed E-state index contributed by atoms with van der Waals surface area (Å²) in [6.45, 7) is 5.29. The van der Waals surface area contributed by atoms with Gasteiger partial charge in [-0.05, 0) is 49.7 Å². The molecule has 0 saturated heterocycles. The zero-order chi connectivity index (χ0) is 14.4. The van der Waals surface area contributed by atoms with Gasteiger partial charge in [-0.2, -0.15) is 0 Å². The highest BCUT2D eigenvalue weighted by Gasteiger charge is 2.09. The Balaban J connectivity index is 2.02. The molecular weight excluding hydrogens is 250 g/mol. The summed E-state index contributed by atoms with van der Waals surface area (Å²) in [5.74, 6) is -0.0730. The molecule has 0 spiro atoms. The molecule has 20 heavy (non-hydrogen) atoms. The Morgan fingerprint density at radius 2 is 2.10 bits per heavy atom. The number of aromatic nitrogens is 1. The second-order valence-corrected chi connectivity index (χ2v) is 4.56. The number of carbonyl (C=O) groups excluding carboxylic acids is 1. The van der Waals surface area contributed by atoms with Gasteiger partial charge in [-0.3, -0.25) is 9.78 Å². The highest BCUT2D eigenvalue weighted by Crippen LogP contribution is 2.15. The molecule has 0 aliphatic rings. The minimum atomic E-state index is -0.0730. The van der Waals surface area contributed by atoms with E-state index in [9.17, 15) is 4.79 Å². The van der Waals surface area contributed by atoms with E-state index in [1.165, 1.54) is 0 Å². The number of nitrogens with zero attached hydrogens (tertiary/aromatic N) is 1. The van der Waals surface area contributed by atoms with Crippen LogP contribution in [-0.4, -0.2) is 17.4 Å². The van der Waals surface area contributed by atoms with Crippen LogP contribution in [0.3, 0.4) is 0 Å².